The minimum Gasteiger partial charge on any atom is -0.393 e. The molecule has 0 heterocycles. The zero-order chi connectivity index (χ0) is 14.3. The van der Waals surface area contributed by atoms with Crippen molar-refractivity contribution >= 4 is 0 Å². The Kier molecular flexibility index (Phi) is 14.3. The van der Waals surface area contributed by atoms with Crippen LogP contribution in [-0.4, -0.2) is 22.4 Å². The highest BCUT2D eigenvalue weighted by Crippen LogP contribution is 2.14. The second-order valence-electron chi connectivity index (χ2n) is 5.94. The molecule has 0 aromatic heterocycles. The van der Waals surface area contributed by atoms with E-state index in [0.29, 0.717) is 0 Å². The maximum absolute atomic E-state index is 9.78. The largest absolute Gasteiger partial charge is 0.393 e. The van der Waals surface area contributed by atoms with E-state index in [1.54, 1.807) is 0 Å². The summed E-state index contributed by atoms with van der Waals surface area (Å²) in [6.45, 7) is 4.36. The Hall–Kier alpha value is -0.0800. The molecule has 0 bridgehead atoms. The van der Waals surface area contributed by atoms with E-state index in [0.717, 1.165) is 44.9 Å². The Morgan fingerprint density at radius 2 is 0.895 bits per heavy atom. The molecular formula is C17H36O2. The van der Waals surface area contributed by atoms with Gasteiger partial charge in [-0.15, -0.1) is 0 Å². The van der Waals surface area contributed by atoms with Crippen LogP contribution in [0.5, 0.6) is 0 Å². The molecule has 0 aliphatic heterocycles. The molecule has 2 nitrogen and oxygen atoms in total. The molecule has 0 saturated heterocycles. The predicted octanol–water partition coefficient (Wildman–Crippen LogP) is 4.82. The van der Waals surface area contributed by atoms with Gasteiger partial charge in [-0.2, -0.15) is 0 Å². The molecule has 2 N–H and O–H groups in total. The minimum absolute atomic E-state index is 0.0818. The maximum atomic E-state index is 9.78. The smallest absolute Gasteiger partial charge is 0.0540 e. The van der Waals surface area contributed by atoms with E-state index in [-0.39, 0.29) is 12.2 Å². The second kappa shape index (κ2) is 14.3. The average Bonchev–Trinajstić information content (AvgIpc) is 2.40. The molecule has 116 valence electrons. The van der Waals surface area contributed by atoms with Gasteiger partial charge >= 0.3 is 0 Å². The van der Waals surface area contributed by atoms with Crippen LogP contribution in [-0.2, 0) is 0 Å². The van der Waals surface area contributed by atoms with Gasteiger partial charge in [0.15, 0.2) is 0 Å². The van der Waals surface area contributed by atoms with E-state index in [4.69, 9.17) is 0 Å². The van der Waals surface area contributed by atoms with Crippen molar-refractivity contribution in [3.8, 4) is 0 Å². The lowest BCUT2D eigenvalue weighted by Crippen LogP contribution is -2.07. The first-order valence-electron chi connectivity index (χ1n) is 8.56. The van der Waals surface area contributed by atoms with Crippen molar-refractivity contribution in [3.63, 3.8) is 0 Å². The lowest BCUT2D eigenvalue weighted by molar-refractivity contribution is 0.142. The quantitative estimate of drug-likeness (QED) is 0.445. The normalized spacial score (nSPS) is 14.5. The standard InChI is InChI=1S/C17H36O2/c1-3-5-9-13-17(19)15-11-8-7-10-14-16(18)12-6-4-2/h16-19H,3-15H2,1-2H3. The zero-order valence-electron chi connectivity index (χ0n) is 13.2. The molecule has 0 rings (SSSR count). The van der Waals surface area contributed by atoms with Crippen LogP contribution in [0.2, 0.25) is 0 Å². The number of hydrogen-bond donors (Lipinski definition) is 2. The SMILES string of the molecule is CCCCCC(O)CCCCCCC(O)CCCC. The van der Waals surface area contributed by atoms with Crippen LogP contribution in [0.1, 0.15) is 97.3 Å². The van der Waals surface area contributed by atoms with Gasteiger partial charge in [0.1, 0.15) is 0 Å². The topological polar surface area (TPSA) is 40.5 Å². The molecule has 0 aromatic rings. The molecule has 2 heteroatoms. The molecule has 2 unspecified atom stereocenters. The van der Waals surface area contributed by atoms with E-state index in [9.17, 15) is 10.2 Å². The molecule has 0 aliphatic rings. The summed E-state index contributed by atoms with van der Waals surface area (Å²) in [4.78, 5) is 0. The van der Waals surface area contributed by atoms with E-state index in [2.05, 4.69) is 13.8 Å². The molecule has 0 aromatic carbocycles. The second-order valence-corrected chi connectivity index (χ2v) is 5.94. The Morgan fingerprint density at radius 1 is 0.526 bits per heavy atom. The summed E-state index contributed by atoms with van der Waals surface area (Å²) in [5.74, 6) is 0. The van der Waals surface area contributed by atoms with Gasteiger partial charge < -0.3 is 10.2 Å². The highest BCUT2D eigenvalue weighted by molar-refractivity contribution is 4.59. The molecular weight excluding hydrogens is 236 g/mol. The van der Waals surface area contributed by atoms with Crippen molar-refractivity contribution in [3.05, 3.63) is 0 Å². The van der Waals surface area contributed by atoms with E-state index >= 15 is 0 Å². The summed E-state index contributed by atoms with van der Waals surface area (Å²) in [6, 6.07) is 0. The molecule has 0 radical (unpaired) electrons. The lowest BCUT2D eigenvalue weighted by atomic mass is 10.0. The first-order valence-corrected chi connectivity index (χ1v) is 8.56. The van der Waals surface area contributed by atoms with Crippen molar-refractivity contribution in [1.82, 2.24) is 0 Å². The van der Waals surface area contributed by atoms with Crippen molar-refractivity contribution in [2.24, 2.45) is 0 Å². The number of rotatable bonds is 14. The van der Waals surface area contributed by atoms with Crippen LogP contribution in [0.25, 0.3) is 0 Å². The summed E-state index contributed by atoms with van der Waals surface area (Å²) in [7, 11) is 0. The van der Waals surface area contributed by atoms with Gasteiger partial charge in [0.2, 0.25) is 0 Å². The summed E-state index contributed by atoms with van der Waals surface area (Å²) in [5.41, 5.74) is 0. The highest BCUT2D eigenvalue weighted by Gasteiger charge is 2.05. The van der Waals surface area contributed by atoms with Crippen LogP contribution in [0, 0.1) is 0 Å². The maximum Gasteiger partial charge on any atom is 0.0540 e. The molecule has 2 atom stereocenters. The van der Waals surface area contributed by atoms with E-state index in [1.807, 2.05) is 0 Å². The van der Waals surface area contributed by atoms with Crippen LogP contribution in [0.15, 0.2) is 0 Å². The molecule has 0 aliphatic carbocycles. The molecule has 0 amide bonds. The van der Waals surface area contributed by atoms with Gasteiger partial charge in [-0.05, 0) is 25.7 Å². The summed E-state index contributed by atoms with van der Waals surface area (Å²) >= 11 is 0. The van der Waals surface area contributed by atoms with Crippen molar-refractivity contribution < 1.29 is 10.2 Å². The van der Waals surface area contributed by atoms with Crippen molar-refractivity contribution in [2.75, 3.05) is 0 Å². The number of aliphatic hydroxyl groups is 2. The molecule has 0 spiro atoms. The number of aliphatic hydroxyl groups excluding tert-OH is 2. The van der Waals surface area contributed by atoms with Gasteiger partial charge in [-0.1, -0.05) is 71.6 Å². The average molecular weight is 272 g/mol. The third-order valence-electron chi connectivity index (χ3n) is 3.86. The third kappa shape index (κ3) is 14.1. The third-order valence-corrected chi connectivity index (χ3v) is 3.86. The van der Waals surface area contributed by atoms with Crippen LogP contribution in [0.4, 0.5) is 0 Å². The Balaban J connectivity index is 3.21. The zero-order valence-corrected chi connectivity index (χ0v) is 13.2. The van der Waals surface area contributed by atoms with Crippen LogP contribution >= 0.6 is 0 Å². The van der Waals surface area contributed by atoms with E-state index in [1.165, 1.54) is 38.5 Å². The fraction of sp³-hybridized carbons (Fsp3) is 1.00. The Bertz CT molecular complexity index is 171. The molecule has 0 saturated carbocycles. The fourth-order valence-electron chi connectivity index (χ4n) is 2.47. The van der Waals surface area contributed by atoms with Crippen molar-refractivity contribution in [1.29, 1.82) is 0 Å². The van der Waals surface area contributed by atoms with Crippen molar-refractivity contribution in [2.45, 2.75) is 110 Å². The summed E-state index contributed by atoms with van der Waals surface area (Å²) in [5, 5.41) is 19.5. The van der Waals surface area contributed by atoms with Gasteiger partial charge in [-0.25, -0.2) is 0 Å². The lowest BCUT2D eigenvalue weighted by Gasteiger charge is -2.11. The predicted molar refractivity (Wildman–Crippen MR) is 83.4 cm³/mol. The Labute approximate surface area is 120 Å². The van der Waals surface area contributed by atoms with Gasteiger partial charge in [0.25, 0.3) is 0 Å². The monoisotopic (exact) mass is 272 g/mol. The fourth-order valence-corrected chi connectivity index (χ4v) is 2.47. The molecule has 0 fully saturated rings. The van der Waals surface area contributed by atoms with Gasteiger partial charge in [-0.3, -0.25) is 0 Å². The van der Waals surface area contributed by atoms with Gasteiger partial charge in [0, 0.05) is 0 Å². The van der Waals surface area contributed by atoms with E-state index < -0.39 is 0 Å². The summed E-state index contributed by atoms with van der Waals surface area (Å²) in [6.07, 6.45) is 14.3. The first-order chi connectivity index (χ1) is 9.20. The number of unbranched alkanes of at least 4 members (excludes halogenated alkanes) is 6. The van der Waals surface area contributed by atoms with Crippen LogP contribution in [0.3, 0.4) is 0 Å². The number of hydrogen-bond acceptors (Lipinski definition) is 2. The van der Waals surface area contributed by atoms with Crippen LogP contribution < -0.4 is 0 Å². The molecule has 19 heavy (non-hydrogen) atoms. The first kappa shape index (κ1) is 18.9. The highest BCUT2D eigenvalue weighted by atomic mass is 16.3. The summed E-state index contributed by atoms with van der Waals surface area (Å²) < 4.78 is 0. The minimum atomic E-state index is -0.0837. The van der Waals surface area contributed by atoms with Gasteiger partial charge in [0.05, 0.1) is 12.2 Å². The Morgan fingerprint density at radius 3 is 1.32 bits per heavy atom.